The number of halogens is 5. The number of aliphatic hydroxyl groups excluding tert-OH is 2. The fourth-order valence-electron chi connectivity index (χ4n) is 6.62. The van der Waals surface area contributed by atoms with Gasteiger partial charge in [-0.2, -0.15) is 18.2 Å². The molecule has 0 aliphatic heterocycles. The molecule has 12 nitrogen and oxygen atoms in total. The zero-order valence-electron chi connectivity index (χ0n) is 31.8. The van der Waals surface area contributed by atoms with Gasteiger partial charge in [-0.3, -0.25) is 9.59 Å². The van der Waals surface area contributed by atoms with Crippen LogP contribution in [0.1, 0.15) is 66.5 Å². The number of nitrogens with zero attached hydrogens (tertiary/aromatic N) is 3. The summed E-state index contributed by atoms with van der Waals surface area (Å²) in [6.45, 7) is 6.50. The molecule has 3 aromatic carbocycles. The minimum absolute atomic E-state index is 0.102. The number of aliphatic carboxylic acids is 2. The van der Waals surface area contributed by atoms with Gasteiger partial charge >= 0.3 is 18.1 Å². The second-order valence-electron chi connectivity index (χ2n) is 13.6. The van der Waals surface area contributed by atoms with Crippen molar-refractivity contribution in [3.63, 3.8) is 0 Å². The van der Waals surface area contributed by atoms with E-state index < -0.39 is 53.6 Å². The highest BCUT2D eigenvalue weighted by molar-refractivity contribution is 5.83. The van der Waals surface area contributed by atoms with E-state index in [0.29, 0.717) is 42.8 Å². The summed E-state index contributed by atoms with van der Waals surface area (Å²) in [7, 11) is 0. The van der Waals surface area contributed by atoms with Crippen molar-refractivity contribution in [3.05, 3.63) is 122 Å². The van der Waals surface area contributed by atoms with Crippen LogP contribution in [-0.4, -0.2) is 84.6 Å². The van der Waals surface area contributed by atoms with E-state index in [1.807, 2.05) is 30.5 Å². The number of carbonyl (C=O) groups excluding carboxylic acids is 1. The number of amides is 1. The van der Waals surface area contributed by atoms with E-state index in [2.05, 4.69) is 15.2 Å². The molecule has 1 heterocycles. The van der Waals surface area contributed by atoms with Crippen molar-refractivity contribution >= 4 is 17.8 Å². The number of fused-ring (bicyclic) bond motifs is 1. The van der Waals surface area contributed by atoms with Crippen molar-refractivity contribution in [3.8, 4) is 11.1 Å². The third-order valence-corrected chi connectivity index (χ3v) is 9.89. The SMILES string of the molecule is CCN(CC)CCC(C(=O)NCc1ccc(-c2ccc(C(F)(F)F)cc2)cc1)n1c(CCc2cccc(F)c2F)nc(=O)c2c1CCC2.O=C(O)C(O)C(O)C(=O)O. The summed E-state index contributed by atoms with van der Waals surface area (Å²) >= 11 is 0. The van der Waals surface area contributed by atoms with Gasteiger partial charge in [-0.25, -0.2) is 18.4 Å². The summed E-state index contributed by atoms with van der Waals surface area (Å²) in [6.07, 6.45) is -6.33. The Bertz CT molecular complexity index is 2090. The number of alkyl halides is 3. The maximum atomic E-state index is 14.5. The van der Waals surface area contributed by atoms with Crippen molar-refractivity contribution in [1.82, 2.24) is 19.8 Å². The second kappa shape index (κ2) is 20.3. The van der Waals surface area contributed by atoms with Crippen molar-refractivity contribution in [2.45, 2.75) is 83.3 Å². The van der Waals surface area contributed by atoms with Crippen LogP contribution >= 0.6 is 0 Å². The normalized spacial score (nSPS) is 13.9. The standard InChI is InChI=1S/C37H39F5N4O2.C4H6O6/c1-3-45(4-2)22-21-32(36(48)43-23-24-11-13-25(14-12-24)26-15-18-28(19-16-26)37(40,41)42)46-31-10-6-8-29(31)35(47)44-33(46)20-17-27-7-5-9-30(38)34(27)39;5-1(3(7)8)2(6)4(9)10/h5,7,9,11-16,18-19,32H,3-4,6,8,10,17,20-23H2,1-2H3,(H,43,48);1-2,5-6H,(H,7,8)(H,9,10). The van der Waals surface area contributed by atoms with E-state index in [0.717, 1.165) is 54.5 Å². The minimum atomic E-state index is -4.41. The number of nitrogens with one attached hydrogen (secondary N) is 1. The molecule has 0 fully saturated rings. The summed E-state index contributed by atoms with van der Waals surface area (Å²) in [6, 6.07) is 15.5. The van der Waals surface area contributed by atoms with Gasteiger partial charge < -0.3 is 35.2 Å². The molecule has 0 saturated heterocycles. The average Bonchev–Trinajstić information content (AvgIpc) is 3.70. The number of carboxylic acids is 2. The highest BCUT2D eigenvalue weighted by Gasteiger charge is 2.32. The molecule has 312 valence electrons. The van der Waals surface area contributed by atoms with Crippen LogP contribution in [-0.2, 0) is 52.8 Å². The number of aliphatic hydroxyl groups is 2. The number of rotatable bonds is 16. The molecule has 58 heavy (non-hydrogen) atoms. The zero-order chi connectivity index (χ0) is 42.7. The summed E-state index contributed by atoms with van der Waals surface area (Å²) in [5, 5.41) is 35.6. The number of carboxylic acid groups (broad SMARTS) is 2. The molecule has 1 aliphatic carbocycles. The summed E-state index contributed by atoms with van der Waals surface area (Å²) in [5.41, 5.74) is 2.65. The maximum absolute atomic E-state index is 14.5. The van der Waals surface area contributed by atoms with Gasteiger partial charge in [-0.1, -0.05) is 62.4 Å². The Morgan fingerprint density at radius 1 is 0.862 bits per heavy atom. The molecule has 1 aliphatic rings. The highest BCUT2D eigenvalue weighted by Crippen LogP contribution is 2.31. The van der Waals surface area contributed by atoms with Gasteiger partial charge in [0.1, 0.15) is 11.9 Å². The first-order valence-electron chi connectivity index (χ1n) is 18.6. The van der Waals surface area contributed by atoms with Gasteiger partial charge in [0, 0.05) is 30.8 Å². The quantitative estimate of drug-likeness (QED) is 0.0972. The van der Waals surface area contributed by atoms with Gasteiger partial charge in [-0.15, -0.1) is 0 Å². The van der Waals surface area contributed by atoms with E-state index in [9.17, 15) is 41.1 Å². The third-order valence-electron chi connectivity index (χ3n) is 9.89. The van der Waals surface area contributed by atoms with Crippen LogP contribution in [0.25, 0.3) is 11.1 Å². The fraction of sp³-hybridized carbons (Fsp3) is 0.390. The molecule has 3 atom stereocenters. The lowest BCUT2D eigenvalue weighted by atomic mass is 10.0. The lowest BCUT2D eigenvalue weighted by Gasteiger charge is -2.28. The smallest absolute Gasteiger partial charge is 0.416 e. The molecule has 1 aromatic heterocycles. The lowest BCUT2D eigenvalue weighted by Crippen LogP contribution is -2.39. The van der Waals surface area contributed by atoms with Crippen LogP contribution in [0.15, 0.2) is 71.5 Å². The molecule has 5 N–H and O–H groups in total. The predicted octanol–water partition coefficient (Wildman–Crippen LogP) is 4.95. The van der Waals surface area contributed by atoms with Crippen LogP contribution < -0.4 is 10.9 Å². The van der Waals surface area contributed by atoms with E-state index in [4.69, 9.17) is 20.4 Å². The largest absolute Gasteiger partial charge is 0.479 e. The number of hydrogen-bond donors (Lipinski definition) is 5. The first kappa shape index (κ1) is 45.2. The molecule has 17 heteroatoms. The van der Waals surface area contributed by atoms with E-state index in [1.165, 1.54) is 24.3 Å². The molecule has 4 aromatic rings. The van der Waals surface area contributed by atoms with Crippen LogP contribution in [0.5, 0.6) is 0 Å². The molecule has 3 unspecified atom stereocenters. The summed E-state index contributed by atoms with van der Waals surface area (Å²) in [5.74, 6) is -5.31. The molecule has 0 radical (unpaired) electrons. The van der Waals surface area contributed by atoms with Gasteiger partial charge in [0.05, 0.1) is 5.56 Å². The molecule has 0 bridgehead atoms. The van der Waals surface area contributed by atoms with Crippen molar-refractivity contribution in [2.75, 3.05) is 19.6 Å². The number of carbonyl (C=O) groups is 3. The van der Waals surface area contributed by atoms with Crippen LogP contribution in [0.4, 0.5) is 22.0 Å². The summed E-state index contributed by atoms with van der Waals surface area (Å²) < 4.78 is 69.3. The maximum Gasteiger partial charge on any atom is 0.416 e. The fourth-order valence-corrected chi connectivity index (χ4v) is 6.62. The Morgan fingerprint density at radius 3 is 2.00 bits per heavy atom. The average molecular weight is 817 g/mol. The van der Waals surface area contributed by atoms with E-state index in [1.54, 1.807) is 12.1 Å². The van der Waals surface area contributed by atoms with Gasteiger partial charge in [0.2, 0.25) is 5.91 Å². The number of hydrogen-bond acceptors (Lipinski definition) is 8. The van der Waals surface area contributed by atoms with Gasteiger partial charge in [-0.05, 0) is 85.6 Å². The van der Waals surface area contributed by atoms with Crippen LogP contribution in [0.3, 0.4) is 0 Å². The third kappa shape index (κ3) is 11.5. The Hall–Kier alpha value is -5.52. The van der Waals surface area contributed by atoms with Gasteiger partial charge in [0.25, 0.3) is 5.56 Å². The van der Waals surface area contributed by atoms with E-state index >= 15 is 0 Å². The monoisotopic (exact) mass is 816 g/mol. The topological polar surface area (TPSA) is 182 Å². The van der Waals surface area contributed by atoms with Crippen molar-refractivity contribution in [1.29, 1.82) is 0 Å². The van der Waals surface area contributed by atoms with E-state index in [-0.39, 0.29) is 36.4 Å². The first-order chi connectivity index (χ1) is 27.5. The number of benzene rings is 3. The molecular weight excluding hydrogens is 771 g/mol. The molecule has 1 amide bonds. The van der Waals surface area contributed by atoms with Crippen molar-refractivity contribution in [2.24, 2.45) is 0 Å². The molecule has 0 saturated carbocycles. The Labute approximate surface area is 330 Å². The molecular formula is C41H45F5N4O8. The highest BCUT2D eigenvalue weighted by atomic mass is 19.4. The van der Waals surface area contributed by atoms with Crippen molar-refractivity contribution < 1.29 is 56.8 Å². The lowest BCUT2D eigenvalue weighted by molar-refractivity contribution is -0.165. The predicted molar refractivity (Wildman–Crippen MR) is 202 cm³/mol. The first-order valence-corrected chi connectivity index (χ1v) is 18.6. The minimum Gasteiger partial charge on any atom is -0.479 e. The Morgan fingerprint density at radius 2 is 1.45 bits per heavy atom. The number of aromatic nitrogens is 2. The number of aryl methyl sites for hydroxylation is 2. The molecule has 5 rings (SSSR count). The van der Waals surface area contributed by atoms with Crippen LogP contribution in [0, 0.1) is 11.6 Å². The zero-order valence-corrected chi connectivity index (χ0v) is 31.8. The van der Waals surface area contributed by atoms with Gasteiger partial charge in [0.15, 0.2) is 23.8 Å². The summed E-state index contributed by atoms with van der Waals surface area (Å²) in [4.78, 5) is 53.3. The second-order valence-corrected chi connectivity index (χ2v) is 13.6. The molecule has 0 spiro atoms. The Kier molecular flexibility index (Phi) is 15.8. The van der Waals surface area contributed by atoms with Crippen LogP contribution in [0.2, 0.25) is 0 Å². The Balaban J connectivity index is 0.000000657.